The number of benzene rings is 1. The first-order valence-corrected chi connectivity index (χ1v) is 9.68. The van der Waals surface area contributed by atoms with Crippen LogP contribution >= 0.6 is 11.8 Å². The van der Waals surface area contributed by atoms with Crippen molar-refractivity contribution in [2.24, 2.45) is 0 Å². The summed E-state index contributed by atoms with van der Waals surface area (Å²) >= 11 is 1.54. The van der Waals surface area contributed by atoms with Gasteiger partial charge in [0.1, 0.15) is 10.8 Å². The van der Waals surface area contributed by atoms with Crippen molar-refractivity contribution < 1.29 is 19.1 Å². The number of thioether (sulfide) groups is 1. The van der Waals surface area contributed by atoms with Gasteiger partial charge in [0, 0.05) is 18.8 Å². The molecular formula is C18H23N3O4S. The van der Waals surface area contributed by atoms with Gasteiger partial charge in [0.2, 0.25) is 0 Å². The number of rotatable bonds is 5. The molecule has 8 heteroatoms. The van der Waals surface area contributed by atoms with Gasteiger partial charge >= 0.3 is 12.0 Å². The van der Waals surface area contributed by atoms with E-state index in [0.717, 1.165) is 11.3 Å². The molecule has 2 aliphatic heterocycles. The number of amides is 3. The van der Waals surface area contributed by atoms with E-state index in [-0.39, 0.29) is 23.8 Å². The number of carbonyl (C=O) groups is 3. The Kier molecular flexibility index (Phi) is 5.52. The lowest BCUT2D eigenvalue weighted by molar-refractivity contribution is -0.140. The molecule has 0 spiro atoms. The van der Waals surface area contributed by atoms with Crippen LogP contribution in [0, 0.1) is 0 Å². The number of esters is 1. The largest absolute Gasteiger partial charge is 0.468 e. The van der Waals surface area contributed by atoms with Crippen molar-refractivity contribution in [1.82, 2.24) is 15.1 Å². The minimum absolute atomic E-state index is 0.174. The quantitative estimate of drug-likeness (QED) is 0.617. The SMILES string of the molecule is CC[C@@]1(c2ccccc2)NC(=O)N(CN2CCS[C@H](C(=O)OC)C2)C1=O. The third-order valence-corrected chi connectivity index (χ3v) is 6.09. The van der Waals surface area contributed by atoms with Crippen LogP contribution in [-0.4, -0.2) is 65.6 Å². The molecule has 7 nitrogen and oxygen atoms in total. The van der Waals surface area contributed by atoms with Crippen LogP contribution < -0.4 is 5.32 Å². The Morgan fingerprint density at radius 1 is 1.35 bits per heavy atom. The van der Waals surface area contributed by atoms with Gasteiger partial charge in [0.15, 0.2) is 0 Å². The van der Waals surface area contributed by atoms with Crippen LogP contribution in [0.3, 0.4) is 0 Å². The second-order valence-electron chi connectivity index (χ2n) is 6.39. The maximum Gasteiger partial charge on any atom is 0.326 e. The second kappa shape index (κ2) is 7.67. The average molecular weight is 377 g/mol. The zero-order valence-corrected chi connectivity index (χ0v) is 15.8. The summed E-state index contributed by atoms with van der Waals surface area (Å²) < 4.78 is 4.81. The maximum atomic E-state index is 13.1. The van der Waals surface area contributed by atoms with Crippen LogP contribution in [0.1, 0.15) is 18.9 Å². The smallest absolute Gasteiger partial charge is 0.326 e. The van der Waals surface area contributed by atoms with Crippen molar-refractivity contribution in [3.8, 4) is 0 Å². The van der Waals surface area contributed by atoms with E-state index in [1.54, 1.807) is 11.8 Å². The Morgan fingerprint density at radius 2 is 2.08 bits per heavy atom. The lowest BCUT2D eigenvalue weighted by Gasteiger charge is -2.33. The van der Waals surface area contributed by atoms with Gasteiger partial charge in [-0.25, -0.2) is 9.69 Å². The van der Waals surface area contributed by atoms with E-state index in [2.05, 4.69) is 5.32 Å². The number of nitrogens with zero attached hydrogens (tertiary/aromatic N) is 2. The van der Waals surface area contributed by atoms with Crippen LogP contribution in [0.5, 0.6) is 0 Å². The van der Waals surface area contributed by atoms with E-state index in [4.69, 9.17) is 4.74 Å². The number of urea groups is 1. The predicted octanol–water partition coefficient (Wildman–Crippen LogP) is 1.39. The zero-order valence-electron chi connectivity index (χ0n) is 14.9. The Labute approximate surface area is 157 Å². The number of ether oxygens (including phenoxy) is 1. The first-order chi connectivity index (χ1) is 12.5. The van der Waals surface area contributed by atoms with Crippen molar-refractivity contribution in [3.63, 3.8) is 0 Å². The van der Waals surface area contributed by atoms with E-state index in [1.165, 1.54) is 12.0 Å². The summed E-state index contributed by atoms with van der Waals surface area (Å²) in [5, 5.41) is 2.59. The fourth-order valence-corrected chi connectivity index (χ4v) is 4.62. The van der Waals surface area contributed by atoms with Gasteiger partial charge in [-0.05, 0) is 12.0 Å². The summed E-state index contributed by atoms with van der Waals surface area (Å²) in [6, 6.07) is 8.92. The highest BCUT2D eigenvalue weighted by molar-refractivity contribution is 8.00. The monoisotopic (exact) mass is 377 g/mol. The first-order valence-electron chi connectivity index (χ1n) is 8.63. The number of hydrogen-bond donors (Lipinski definition) is 1. The molecular weight excluding hydrogens is 354 g/mol. The molecule has 2 fully saturated rings. The molecule has 0 unspecified atom stereocenters. The van der Waals surface area contributed by atoms with Crippen molar-refractivity contribution in [1.29, 1.82) is 0 Å². The van der Waals surface area contributed by atoms with Gasteiger partial charge in [-0.1, -0.05) is 37.3 Å². The summed E-state index contributed by atoms with van der Waals surface area (Å²) in [7, 11) is 1.37. The molecule has 0 saturated carbocycles. The van der Waals surface area contributed by atoms with E-state index in [0.29, 0.717) is 19.5 Å². The Hall–Kier alpha value is -2.06. The Morgan fingerprint density at radius 3 is 2.73 bits per heavy atom. The molecule has 3 amide bonds. The standard InChI is InChI=1S/C18H23N3O4S/c1-3-18(13-7-5-4-6-8-13)16(23)21(17(24)19-18)12-20-9-10-26-14(11-20)15(22)25-2/h4-8,14H,3,9-12H2,1-2H3,(H,19,24)/t14-,18-/m0/s1. The molecule has 0 aliphatic carbocycles. The summed E-state index contributed by atoms with van der Waals surface area (Å²) in [6.45, 7) is 3.23. The molecule has 3 rings (SSSR count). The molecule has 1 aromatic rings. The van der Waals surface area contributed by atoms with E-state index in [9.17, 15) is 14.4 Å². The Bertz CT molecular complexity index is 699. The summed E-state index contributed by atoms with van der Waals surface area (Å²) in [4.78, 5) is 40.7. The molecule has 1 N–H and O–H groups in total. The minimum Gasteiger partial charge on any atom is -0.468 e. The van der Waals surface area contributed by atoms with Gasteiger partial charge in [-0.3, -0.25) is 14.5 Å². The number of nitrogens with one attached hydrogen (secondary N) is 1. The third kappa shape index (κ3) is 3.31. The van der Waals surface area contributed by atoms with E-state index >= 15 is 0 Å². The zero-order chi connectivity index (χ0) is 18.7. The normalized spacial score (nSPS) is 26.7. The lowest BCUT2D eigenvalue weighted by atomic mass is 9.87. The highest BCUT2D eigenvalue weighted by Gasteiger charge is 2.51. The van der Waals surface area contributed by atoms with Crippen molar-refractivity contribution >= 4 is 29.7 Å². The van der Waals surface area contributed by atoms with Crippen LogP contribution in [-0.2, 0) is 19.9 Å². The van der Waals surface area contributed by atoms with Crippen LogP contribution in [0.25, 0.3) is 0 Å². The van der Waals surface area contributed by atoms with Crippen molar-refractivity contribution in [2.75, 3.05) is 32.6 Å². The number of hydrogen-bond acceptors (Lipinski definition) is 6. The number of methoxy groups -OCH3 is 1. The van der Waals surface area contributed by atoms with Gasteiger partial charge in [0.25, 0.3) is 5.91 Å². The topological polar surface area (TPSA) is 79.0 Å². The van der Waals surface area contributed by atoms with Gasteiger partial charge in [-0.2, -0.15) is 0 Å². The van der Waals surface area contributed by atoms with Crippen LogP contribution in [0.2, 0.25) is 0 Å². The Balaban J connectivity index is 1.76. The summed E-state index contributed by atoms with van der Waals surface area (Å²) in [6.07, 6.45) is 0.471. The maximum absolute atomic E-state index is 13.1. The van der Waals surface area contributed by atoms with Crippen molar-refractivity contribution in [3.05, 3.63) is 35.9 Å². The fraction of sp³-hybridized carbons (Fsp3) is 0.500. The first kappa shape index (κ1) is 18.7. The van der Waals surface area contributed by atoms with Gasteiger partial charge in [0.05, 0.1) is 13.8 Å². The second-order valence-corrected chi connectivity index (χ2v) is 7.70. The molecule has 2 heterocycles. The number of carbonyl (C=O) groups excluding carboxylic acids is 3. The summed E-state index contributed by atoms with van der Waals surface area (Å²) in [5.74, 6) is 0.231. The van der Waals surface area contributed by atoms with Crippen LogP contribution in [0.15, 0.2) is 30.3 Å². The third-order valence-electron chi connectivity index (χ3n) is 4.93. The van der Waals surface area contributed by atoms with E-state index in [1.807, 2.05) is 42.2 Å². The molecule has 1 aromatic carbocycles. The minimum atomic E-state index is -1.02. The van der Waals surface area contributed by atoms with E-state index < -0.39 is 11.6 Å². The molecule has 26 heavy (non-hydrogen) atoms. The van der Waals surface area contributed by atoms with Gasteiger partial charge < -0.3 is 10.1 Å². The van der Waals surface area contributed by atoms with Gasteiger partial charge in [-0.15, -0.1) is 11.8 Å². The molecule has 0 radical (unpaired) electrons. The highest BCUT2D eigenvalue weighted by atomic mass is 32.2. The molecule has 2 saturated heterocycles. The number of imide groups is 1. The van der Waals surface area contributed by atoms with Crippen molar-refractivity contribution in [2.45, 2.75) is 24.1 Å². The lowest BCUT2D eigenvalue weighted by Crippen LogP contribution is -2.49. The molecule has 0 bridgehead atoms. The molecule has 0 aromatic heterocycles. The highest BCUT2D eigenvalue weighted by Crippen LogP contribution is 2.32. The molecule has 140 valence electrons. The fourth-order valence-electron chi connectivity index (χ4n) is 3.42. The predicted molar refractivity (Wildman–Crippen MR) is 98.5 cm³/mol. The molecule has 2 aliphatic rings. The van der Waals surface area contributed by atoms with Crippen LogP contribution in [0.4, 0.5) is 4.79 Å². The molecule has 2 atom stereocenters. The summed E-state index contributed by atoms with van der Waals surface area (Å²) in [5.41, 5.74) is -0.241. The average Bonchev–Trinajstić information content (AvgIpc) is 2.93.